The Kier molecular flexibility index (Phi) is 2.40. The molecule has 0 atom stereocenters. The number of pyridine rings is 1. The van der Waals surface area contributed by atoms with Crippen LogP contribution in [-0.2, 0) is 6.54 Å². The molecule has 0 aliphatic carbocycles. The summed E-state index contributed by atoms with van der Waals surface area (Å²) in [7, 11) is 0. The second-order valence-corrected chi connectivity index (χ2v) is 5.11. The standard InChI is InChI=1S/C12H11N7S/c1-3-18-10-7(5-15-18)9-8(4-13-10)11(20-2)17-12-14-6-16-19(9)12/h4-6H,3H2,1-2H3. The predicted octanol–water partition coefficient (Wildman–Crippen LogP) is 1.76. The minimum Gasteiger partial charge on any atom is -0.248 e. The Morgan fingerprint density at radius 1 is 1.15 bits per heavy atom. The molecule has 0 fully saturated rings. The van der Waals surface area contributed by atoms with Gasteiger partial charge in [-0.15, -0.1) is 11.8 Å². The van der Waals surface area contributed by atoms with E-state index in [9.17, 15) is 0 Å². The largest absolute Gasteiger partial charge is 0.253 e. The van der Waals surface area contributed by atoms with Gasteiger partial charge in [-0.05, 0) is 13.2 Å². The third kappa shape index (κ3) is 1.39. The second kappa shape index (κ2) is 4.14. The molecule has 0 saturated heterocycles. The lowest BCUT2D eigenvalue weighted by Crippen LogP contribution is -2.00. The Bertz CT molecular complexity index is 939. The summed E-state index contributed by atoms with van der Waals surface area (Å²) in [6.45, 7) is 2.83. The Labute approximate surface area is 118 Å². The minimum absolute atomic E-state index is 0.596. The molecule has 8 heteroatoms. The molecule has 4 aromatic heterocycles. The summed E-state index contributed by atoms with van der Waals surface area (Å²) in [5, 5.41) is 11.5. The fourth-order valence-electron chi connectivity index (χ4n) is 2.41. The normalized spacial score (nSPS) is 11.9. The van der Waals surface area contributed by atoms with Crippen LogP contribution in [0, 0.1) is 0 Å². The number of hydrogen-bond acceptors (Lipinski definition) is 6. The zero-order valence-corrected chi connectivity index (χ0v) is 11.8. The summed E-state index contributed by atoms with van der Waals surface area (Å²) in [4.78, 5) is 13.2. The number of thioether (sulfide) groups is 1. The van der Waals surface area contributed by atoms with Gasteiger partial charge in [0.05, 0.1) is 22.5 Å². The molecule has 20 heavy (non-hydrogen) atoms. The van der Waals surface area contributed by atoms with E-state index in [0.29, 0.717) is 5.78 Å². The van der Waals surface area contributed by atoms with Crippen molar-refractivity contribution >= 4 is 39.5 Å². The fraction of sp³-hybridized carbons (Fsp3) is 0.250. The first-order valence-corrected chi connectivity index (χ1v) is 7.44. The van der Waals surface area contributed by atoms with Gasteiger partial charge in [0.15, 0.2) is 5.65 Å². The topological polar surface area (TPSA) is 73.8 Å². The number of rotatable bonds is 2. The lowest BCUT2D eigenvalue weighted by atomic mass is 10.2. The highest BCUT2D eigenvalue weighted by atomic mass is 32.2. The van der Waals surface area contributed by atoms with Crippen LogP contribution in [-0.4, -0.2) is 40.6 Å². The van der Waals surface area contributed by atoms with E-state index in [2.05, 4.69) is 25.1 Å². The number of aryl methyl sites for hydroxylation is 1. The molecule has 0 saturated carbocycles. The van der Waals surface area contributed by atoms with Crippen molar-refractivity contribution in [3.8, 4) is 0 Å². The second-order valence-electron chi connectivity index (χ2n) is 4.31. The number of nitrogens with zero attached hydrogens (tertiary/aromatic N) is 7. The van der Waals surface area contributed by atoms with E-state index in [4.69, 9.17) is 0 Å². The molecule has 0 bridgehead atoms. The van der Waals surface area contributed by atoms with Crippen LogP contribution in [0.3, 0.4) is 0 Å². The zero-order valence-electron chi connectivity index (χ0n) is 11.0. The first-order valence-electron chi connectivity index (χ1n) is 6.21. The smallest absolute Gasteiger partial charge is 0.248 e. The van der Waals surface area contributed by atoms with Crippen LogP contribution in [0.4, 0.5) is 0 Å². The molecule has 0 aliphatic rings. The first kappa shape index (κ1) is 11.6. The van der Waals surface area contributed by atoms with Crippen LogP contribution in [0.2, 0.25) is 0 Å². The summed E-state index contributed by atoms with van der Waals surface area (Å²) in [6, 6.07) is 0. The molecule has 0 aromatic carbocycles. The summed E-state index contributed by atoms with van der Waals surface area (Å²) in [5.74, 6) is 0.596. The average molecular weight is 285 g/mol. The molecule has 0 N–H and O–H groups in total. The molecule has 4 rings (SSSR count). The van der Waals surface area contributed by atoms with Crippen molar-refractivity contribution in [3.05, 3.63) is 18.7 Å². The average Bonchev–Trinajstić information content (AvgIpc) is 3.11. The lowest BCUT2D eigenvalue weighted by Gasteiger charge is -2.06. The molecule has 0 radical (unpaired) electrons. The maximum Gasteiger partial charge on any atom is 0.253 e. The summed E-state index contributed by atoms with van der Waals surface area (Å²) < 4.78 is 3.62. The monoisotopic (exact) mass is 285 g/mol. The van der Waals surface area contributed by atoms with Crippen LogP contribution in [0.25, 0.3) is 27.7 Å². The molecule has 7 nitrogen and oxygen atoms in total. The van der Waals surface area contributed by atoms with Crippen molar-refractivity contribution in [2.75, 3.05) is 6.26 Å². The van der Waals surface area contributed by atoms with E-state index >= 15 is 0 Å². The van der Waals surface area contributed by atoms with Gasteiger partial charge in [-0.25, -0.2) is 14.6 Å². The molecule has 0 spiro atoms. The van der Waals surface area contributed by atoms with Gasteiger partial charge in [-0.2, -0.15) is 19.7 Å². The third-order valence-electron chi connectivity index (χ3n) is 3.30. The highest BCUT2D eigenvalue weighted by Gasteiger charge is 2.15. The van der Waals surface area contributed by atoms with E-state index < -0.39 is 0 Å². The van der Waals surface area contributed by atoms with Crippen molar-refractivity contribution < 1.29 is 0 Å². The van der Waals surface area contributed by atoms with Crippen LogP contribution in [0.1, 0.15) is 6.92 Å². The maximum absolute atomic E-state index is 4.53. The van der Waals surface area contributed by atoms with Crippen molar-refractivity contribution in [2.24, 2.45) is 0 Å². The van der Waals surface area contributed by atoms with Gasteiger partial charge >= 0.3 is 0 Å². The van der Waals surface area contributed by atoms with Gasteiger partial charge in [0.1, 0.15) is 11.4 Å². The number of hydrogen-bond donors (Lipinski definition) is 0. The molecule has 4 heterocycles. The molecular weight excluding hydrogens is 274 g/mol. The highest BCUT2D eigenvalue weighted by Crippen LogP contribution is 2.29. The van der Waals surface area contributed by atoms with Gasteiger partial charge in [0.25, 0.3) is 5.78 Å². The number of fused-ring (bicyclic) bond motifs is 5. The van der Waals surface area contributed by atoms with Crippen LogP contribution in [0.15, 0.2) is 23.7 Å². The van der Waals surface area contributed by atoms with E-state index in [0.717, 1.165) is 33.5 Å². The van der Waals surface area contributed by atoms with E-state index in [-0.39, 0.29) is 0 Å². The van der Waals surface area contributed by atoms with Gasteiger partial charge in [-0.3, -0.25) is 0 Å². The van der Waals surface area contributed by atoms with Crippen molar-refractivity contribution in [1.82, 2.24) is 34.3 Å². The maximum atomic E-state index is 4.53. The Balaban J connectivity index is 2.30. The van der Waals surface area contributed by atoms with Crippen LogP contribution >= 0.6 is 11.8 Å². The minimum atomic E-state index is 0.596. The third-order valence-corrected chi connectivity index (χ3v) is 4.00. The van der Waals surface area contributed by atoms with E-state index in [1.54, 1.807) is 16.3 Å². The summed E-state index contributed by atoms with van der Waals surface area (Å²) >= 11 is 1.58. The van der Waals surface area contributed by atoms with Crippen LogP contribution in [0.5, 0.6) is 0 Å². The molecule has 0 aliphatic heterocycles. The highest BCUT2D eigenvalue weighted by molar-refractivity contribution is 7.98. The van der Waals surface area contributed by atoms with Crippen molar-refractivity contribution in [1.29, 1.82) is 0 Å². The molecule has 0 amide bonds. The predicted molar refractivity (Wildman–Crippen MR) is 76.8 cm³/mol. The quantitative estimate of drug-likeness (QED) is 0.413. The Morgan fingerprint density at radius 2 is 2.05 bits per heavy atom. The van der Waals surface area contributed by atoms with Gasteiger partial charge < -0.3 is 0 Å². The lowest BCUT2D eigenvalue weighted by molar-refractivity contribution is 0.677. The molecule has 100 valence electrons. The Morgan fingerprint density at radius 3 is 2.85 bits per heavy atom. The van der Waals surface area contributed by atoms with Gasteiger partial charge in [0.2, 0.25) is 0 Å². The van der Waals surface area contributed by atoms with E-state index in [1.165, 1.54) is 6.33 Å². The number of aromatic nitrogens is 7. The van der Waals surface area contributed by atoms with Crippen LogP contribution < -0.4 is 0 Å². The zero-order chi connectivity index (χ0) is 13.7. The van der Waals surface area contributed by atoms with Crippen molar-refractivity contribution in [2.45, 2.75) is 18.5 Å². The first-order chi connectivity index (χ1) is 9.83. The molecule has 4 aromatic rings. The molecule has 0 unspecified atom stereocenters. The van der Waals surface area contributed by atoms with E-state index in [1.807, 2.05) is 30.3 Å². The SMILES string of the molecule is CCn1ncc2c1ncc1c(SC)nc3ncnn3c12. The summed E-state index contributed by atoms with van der Waals surface area (Å²) in [5.41, 5.74) is 1.82. The fourth-order valence-corrected chi connectivity index (χ4v) is 2.95. The summed E-state index contributed by atoms with van der Waals surface area (Å²) in [6.07, 6.45) is 7.18. The van der Waals surface area contributed by atoms with Gasteiger partial charge in [0, 0.05) is 12.7 Å². The van der Waals surface area contributed by atoms with Gasteiger partial charge in [-0.1, -0.05) is 0 Å². The Hall–Kier alpha value is -2.22. The molecular formula is C12H11N7S. The van der Waals surface area contributed by atoms with Crippen molar-refractivity contribution in [3.63, 3.8) is 0 Å².